The normalized spacial score (nSPS) is 13.6. The number of anilines is 1. The molecule has 3 rings (SSSR count). The highest BCUT2D eigenvalue weighted by Crippen LogP contribution is 2.36. The molecule has 0 saturated heterocycles. The van der Waals surface area contributed by atoms with Crippen LogP contribution in [0.2, 0.25) is 0 Å². The van der Waals surface area contributed by atoms with E-state index in [1.54, 1.807) is 6.07 Å². The van der Waals surface area contributed by atoms with Gasteiger partial charge in [-0.25, -0.2) is 0 Å². The molecule has 3 heteroatoms. The van der Waals surface area contributed by atoms with E-state index in [0.29, 0.717) is 5.75 Å². The lowest BCUT2D eigenvalue weighted by Gasteiger charge is -2.32. The molecule has 2 aromatic rings. The fraction of sp³-hybridized carbons (Fsp3) is 0.250. The molecule has 0 aliphatic carbocycles. The van der Waals surface area contributed by atoms with Crippen molar-refractivity contribution < 1.29 is 5.11 Å². The Morgan fingerprint density at radius 3 is 2.58 bits per heavy atom. The maximum absolute atomic E-state index is 10.1. The van der Waals surface area contributed by atoms with Gasteiger partial charge in [-0.05, 0) is 30.0 Å². The summed E-state index contributed by atoms with van der Waals surface area (Å²) in [5.41, 5.74) is 3.57. The molecule has 1 N–H and O–H groups in total. The molecule has 0 unspecified atom stereocenters. The average molecular weight is 276 g/mol. The molecule has 0 bridgehead atoms. The SMILES string of the molecule is Cl.Oc1cccc2c1N(Cc1ccccc1)CCC2. The fourth-order valence-electron chi connectivity index (χ4n) is 2.68. The molecule has 1 heterocycles. The number of phenolic OH excluding ortho intramolecular Hbond substituents is 1. The van der Waals surface area contributed by atoms with Gasteiger partial charge < -0.3 is 10.0 Å². The highest BCUT2D eigenvalue weighted by molar-refractivity contribution is 5.85. The Hall–Kier alpha value is -1.67. The van der Waals surface area contributed by atoms with Crippen molar-refractivity contribution in [2.24, 2.45) is 0 Å². The van der Waals surface area contributed by atoms with Gasteiger partial charge >= 0.3 is 0 Å². The molecule has 0 atom stereocenters. The standard InChI is InChI=1S/C16H17NO.ClH/c18-15-10-4-8-14-9-5-11-17(16(14)15)12-13-6-2-1-3-7-13;/h1-4,6-8,10,18H,5,9,11-12H2;1H. The van der Waals surface area contributed by atoms with Crippen molar-refractivity contribution in [3.05, 3.63) is 59.7 Å². The number of fused-ring (bicyclic) bond motifs is 1. The summed E-state index contributed by atoms with van der Waals surface area (Å²) >= 11 is 0. The predicted octanol–water partition coefficient (Wildman–Crippen LogP) is 3.77. The maximum atomic E-state index is 10.1. The minimum Gasteiger partial charge on any atom is -0.506 e. The van der Waals surface area contributed by atoms with Gasteiger partial charge in [0.15, 0.2) is 0 Å². The number of hydrogen-bond donors (Lipinski definition) is 1. The zero-order valence-corrected chi connectivity index (χ0v) is 11.6. The summed E-state index contributed by atoms with van der Waals surface area (Å²) in [4.78, 5) is 2.28. The van der Waals surface area contributed by atoms with E-state index in [4.69, 9.17) is 0 Å². The molecule has 1 aliphatic heterocycles. The first kappa shape index (κ1) is 13.8. The largest absolute Gasteiger partial charge is 0.506 e. The Bertz CT molecular complexity index is 542. The monoisotopic (exact) mass is 275 g/mol. The smallest absolute Gasteiger partial charge is 0.139 e. The number of hydrogen-bond acceptors (Lipinski definition) is 2. The van der Waals surface area contributed by atoms with E-state index in [1.165, 1.54) is 11.1 Å². The molecule has 0 aromatic heterocycles. The second kappa shape index (κ2) is 5.98. The summed E-state index contributed by atoms with van der Waals surface area (Å²) in [6.45, 7) is 1.88. The minimum atomic E-state index is 0. The first-order valence-corrected chi connectivity index (χ1v) is 6.44. The van der Waals surface area contributed by atoms with Gasteiger partial charge in [0.1, 0.15) is 5.75 Å². The van der Waals surface area contributed by atoms with E-state index in [2.05, 4.69) is 35.2 Å². The molecular formula is C16H18ClNO. The van der Waals surface area contributed by atoms with Gasteiger partial charge in [-0.3, -0.25) is 0 Å². The van der Waals surface area contributed by atoms with Crippen LogP contribution in [0.25, 0.3) is 0 Å². The average Bonchev–Trinajstić information content (AvgIpc) is 2.40. The Kier molecular flexibility index (Phi) is 4.33. The van der Waals surface area contributed by atoms with Gasteiger partial charge in [-0.15, -0.1) is 12.4 Å². The number of para-hydroxylation sites is 1. The second-order valence-electron chi connectivity index (χ2n) is 4.80. The van der Waals surface area contributed by atoms with Crippen molar-refractivity contribution >= 4 is 18.1 Å². The molecule has 0 spiro atoms. The summed E-state index contributed by atoms with van der Waals surface area (Å²) in [5.74, 6) is 0.406. The van der Waals surface area contributed by atoms with E-state index in [1.807, 2.05) is 12.1 Å². The maximum Gasteiger partial charge on any atom is 0.139 e. The number of rotatable bonds is 2. The zero-order valence-electron chi connectivity index (χ0n) is 10.7. The van der Waals surface area contributed by atoms with E-state index in [-0.39, 0.29) is 12.4 Å². The molecule has 0 amide bonds. The quantitative estimate of drug-likeness (QED) is 0.902. The molecular weight excluding hydrogens is 258 g/mol. The van der Waals surface area contributed by atoms with Gasteiger partial charge in [0, 0.05) is 13.1 Å². The van der Waals surface area contributed by atoms with Crippen LogP contribution < -0.4 is 4.90 Å². The summed E-state index contributed by atoms with van der Waals surface area (Å²) in [7, 11) is 0. The van der Waals surface area contributed by atoms with Crippen molar-refractivity contribution in [3.63, 3.8) is 0 Å². The minimum absolute atomic E-state index is 0. The van der Waals surface area contributed by atoms with Crippen molar-refractivity contribution in [1.29, 1.82) is 0 Å². The van der Waals surface area contributed by atoms with Crippen LogP contribution in [0.15, 0.2) is 48.5 Å². The number of halogens is 1. The zero-order chi connectivity index (χ0) is 12.4. The van der Waals surface area contributed by atoms with Crippen LogP contribution in [0.1, 0.15) is 17.5 Å². The van der Waals surface area contributed by atoms with Gasteiger partial charge in [0.2, 0.25) is 0 Å². The highest BCUT2D eigenvalue weighted by Gasteiger charge is 2.19. The van der Waals surface area contributed by atoms with Crippen molar-refractivity contribution in [3.8, 4) is 5.75 Å². The first-order valence-electron chi connectivity index (χ1n) is 6.44. The summed E-state index contributed by atoms with van der Waals surface area (Å²) < 4.78 is 0. The van der Waals surface area contributed by atoms with Crippen LogP contribution >= 0.6 is 12.4 Å². The second-order valence-corrected chi connectivity index (χ2v) is 4.80. The lowest BCUT2D eigenvalue weighted by atomic mass is 10.0. The third kappa shape index (κ3) is 2.85. The number of phenols is 1. The molecule has 1 aliphatic rings. The van der Waals surface area contributed by atoms with E-state index in [9.17, 15) is 5.11 Å². The molecule has 2 nitrogen and oxygen atoms in total. The van der Waals surface area contributed by atoms with Crippen LogP contribution in [0, 0.1) is 0 Å². The Labute approximate surface area is 120 Å². The van der Waals surface area contributed by atoms with Crippen molar-refractivity contribution in [2.45, 2.75) is 19.4 Å². The molecule has 100 valence electrons. The van der Waals surface area contributed by atoms with Crippen LogP contribution in [0.4, 0.5) is 5.69 Å². The van der Waals surface area contributed by atoms with Crippen molar-refractivity contribution in [1.82, 2.24) is 0 Å². The molecule has 2 aromatic carbocycles. The molecule has 0 saturated carbocycles. The summed E-state index contributed by atoms with van der Waals surface area (Å²) in [6, 6.07) is 16.2. The Morgan fingerprint density at radius 2 is 1.79 bits per heavy atom. The number of aryl methyl sites for hydroxylation is 1. The Balaban J connectivity index is 0.00000133. The summed E-state index contributed by atoms with van der Waals surface area (Å²) in [6.07, 6.45) is 2.22. The summed E-state index contributed by atoms with van der Waals surface area (Å²) in [5, 5.41) is 10.1. The first-order chi connectivity index (χ1) is 8.84. The van der Waals surface area contributed by atoms with Gasteiger partial charge in [-0.2, -0.15) is 0 Å². The number of nitrogens with zero attached hydrogens (tertiary/aromatic N) is 1. The molecule has 19 heavy (non-hydrogen) atoms. The lowest BCUT2D eigenvalue weighted by molar-refractivity contribution is 0.470. The number of aromatic hydroxyl groups is 1. The highest BCUT2D eigenvalue weighted by atomic mass is 35.5. The van der Waals surface area contributed by atoms with Gasteiger partial charge in [0.05, 0.1) is 5.69 Å². The van der Waals surface area contributed by atoms with Crippen LogP contribution in [0.5, 0.6) is 5.75 Å². The third-order valence-corrected chi connectivity index (χ3v) is 3.50. The Morgan fingerprint density at radius 1 is 1.00 bits per heavy atom. The fourth-order valence-corrected chi connectivity index (χ4v) is 2.68. The van der Waals surface area contributed by atoms with Crippen LogP contribution in [0.3, 0.4) is 0 Å². The van der Waals surface area contributed by atoms with Crippen LogP contribution in [-0.4, -0.2) is 11.7 Å². The van der Waals surface area contributed by atoms with E-state index < -0.39 is 0 Å². The van der Waals surface area contributed by atoms with Gasteiger partial charge in [-0.1, -0.05) is 42.5 Å². The molecule has 0 radical (unpaired) electrons. The van der Waals surface area contributed by atoms with E-state index >= 15 is 0 Å². The van der Waals surface area contributed by atoms with Crippen LogP contribution in [-0.2, 0) is 13.0 Å². The van der Waals surface area contributed by atoms with Crippen molar-refractivity contribution in [2.75, 3.05) is 11.4 Å². The molecule has 0 fully saturated rings. The third-order valence-electron chi connectivity index (χ3n) is 3.50. The topological polar surface area (TPSA) is 23.5 Å². The number of benzene rings is 2. The van der Waals surface area contributed by atoms with E-state index in [0.717, 1.165) is 31.6 Å². The van der Waals surface area contributed by atoms with Gasteiger partial charge in [0.25, 0.3) is 0 Å². The predicted molar refractivity (Wildman–Crippen MR) is 81.2 cm³/mol. The lowest BCUT2D eigenvalue weighted by Crippen LogP contribution is -2.28.